The molecule has 0 aliphatic carbocycles. The first kappa shape index (κ1) is 18.6. The first-order valence-corrected chi connectivity index (χ1v) is 8.54. The fraction of sp³-hybridized carbons (Fsp3) is 0.438. The average molecular weight is 378 g/mol. The van der Waals surface area contributed by atoms with E-state index < -0.39 is 9.96 Å². The minimum atomic E-state index is -1.66. The van der Waals surface area contributed by atoms with Crippen molar-refractivity contribution < 1.29 is 9.53 Å². The molecule has 23 heavy (non-hydrogen) atoms. The smallest absolute Gasteiger partial charge is 0.245 e. The molecule has 1 amide bonds. The van der Waals surface area contributed by atoms with Gasteiger partial charge in [0, 0.05) is 19.2 Å². The van der Waals surface area contributed by atoms with E-state index in [1.165, 1.54) is 6.08 Å². The Kier molecular flexibility index (Phi) is 7.18. The van der Waals surface area contributed by atoms with Gasteiger partial charge >= 0.3 is 0 Å². The van der Waals surface area contributed by atoms with Crippen LogP contribution in [0.25, 0.3) is 6.08 Å². The summed E-state index contributed by atoms with van der Waals surface area (Å²) in [4.78, 5) is 12.0. The van der Waals surface area contributed by atoms with Gasteiger partial charge in [-0.05, 0) is 24.5 Å². The van der Waals surface area contributed by atoms with E-state index in [1.54, 1.807) is 6.08 Å². The summed E-state index contributed by atoms with van der Waals surface area (Å²) >= 11 is 17.8. The zero-order valence-electron chi connectivity index (χ0n) is 12.5. The number of nitrogens with one attached hydrogen (secondary N) is 2. The Hall–Kier alpha value is -0.780. The Bertz CT molecular complexity index is 526. The maximum Gasteiger partial charge on any atom is 0.245 e. The second kappa shape index (κ2) is 8.90. The molecule has 1 aromatic rings. The van der Waals surface area contributed by atoms with E-state index in [0.29, 0.717) is 6.54 Å². The van der Waals surface area contributed by atoms with Crippen molar-refractivity contribution in [2.75, 3.05) is 13.2 Å². The summed E-state index contributed by atoms with van der Waals surface area (Å²) in [6.45, 7) is 1.26. The lowest BCUT2D eigenvalue weighted by Gasteiger charge is -2.27. The summed E-state index contributed by atoms with van der Waals surface area (Å²) in [6.07, 6.45) is 4.38. The van der Waals surface area contributed by atoms with E-state index in [9.17, 15) is 4.79 Å². The van der Waals surface area contributed by atoms with Gasteiger partial charge in [-0.1, -0.05) is 65.1 Å². The van der Waals surface area contributed by atoms with Crippen LogP contribution in [-0.2, 0) is 9.53 Å². The lowest BCUT2D eigenvalue weighted by Crippen LogP contribution is -2.54. The minimum absolute atomic E-state index is 0.0848. The number of hydrogen-bond acceptors (Lipinski definition) is 3. The molecule has 0 unspecified atom stereocenters. The number of ether oxygens (including phenoxy) is 1. The van der Waals surface area contributed by atoms with Gasteiger partial charge in [0.2, 0.25) is 9.70 Å². The average Bonchev–Trinajstić information content (AvgIpc) is 3.02. The predicted octanol–water partition coefficient (Wildman–Crippen LogP) is 3.28. The molecule has 1 saturated heterocycles. The topological polar surface area (TPSA) is 50.4 Å². The highest BCUT2D eigenvalue weighted by Gasteiger charge is 2.34. The molecule has 0 saturated carbocycles. The van der Waals surface area contributed by atoms with Crippen molar-refractivity contribution in [2.45, 2.75) is 28.9 Å². The van der Waals surface area contributed by atoms with E-state index >= 15 is 0 Å². The van der Waals surface area contributed by atoms with Crippen molar-refractivity contribution in [1.82, 2.24) is 10.6 Å². The lowest BCUT2D eigenvalue weighted by molar-refractivity contribution is -0.117. The number of benzene rings is 1. The van der Waals surface area contributed by atoms with Gasteiger partial charge in [-0.3, -0.25) is 10.1 Å². The number of halogens is 3. The van der Waals surface area contributed by atoms with Crippen molar-refractivity contribution in [2.24, 2.45) is 0 Å². The zero-order valence-corrected chi connectivity index (χ0v) is 14.7. The zero-order chi connectivity index (χ0) is 16.7. The van der Waals surface area contributed by atoms with Crippen LogP contribution in [0.1, 0.15) is 18.4 Å². The molecule has 0 radical (unpaired) electrons. The second-order valence-electron chi connectivity index (χ2n) is 5.27. The monoisotopic (exact) mass is 376 g/mol. The van der Waals surface area contributed by atoms with Gasteiger partial charge < -0.3 is 10.1 Å². The Morgan fingerprint density at radius 3 is 2.70 bits per heavy atom. The van der Waals surface area contributed by atoms with Crippen molar-refractivity contribution in [1.29, 1.82) is 0 Å². The molecular weight excluding hydrogens is 359 g/mol. The molecule has 126 valence electrons. The quantitative estimate of drug-likeness (QED) is 0.454. The third kappa shape index (κ3) is 6.69. The van der Waals surface area contributed by atoms with Gasteiger partial charge in [-0.25, -0.2) is 0 Å². The van der Waals surface area contributed by atoms with Gasteiger partial charge in [0.1, 0.15) is 6.17 Å². The van der Waals surface area contributed by atoms with Gasteiger partial charge in [0.25, 0.3) is 0 Å². The van der Waals surface area contributed by atoms with Gasteiger partial charge in [0.15, 0.2) is 0 Å². The SMILES string of the molecule is O=C(/C=C/c1ccccc1)N[C@@H](NC[C@H]1CCCO1)C(Cl)(Cl)Cl. The third-order valence-corrected chi connectivity index (χ3v) is 4.07. The predicted molar refractivity (Wildman–Crippen MR) is 94.7 cm³/mol. The minimum Gasteiger partial charge on any atom is -0.377 e. The summed E-state index contributed by atoms with van der Waals surface area (Å²) < 4.78 is 3.85. The lowest BCUT2D eigenvalue weighted by atomic mass is 10.2. The van der Waals surface area contributed by atoms with Crippen LogP contribution in [0.2, 0.25) is 0 Å². The Morgan fingerprint density at radius 2 is 2.09 bits per heavy atom. The van der Waals surface area contributed by atoms with E-state index in [2.05, 4.69) is 10.6 Å². The number of carbonyl (C=O) groups is 1. The molecule has 1 aromatic carbocycles. The largest absolute Gasteiger partial charge is 0.377 e. The Balaban J connectivity index is 1.88. The van der Waals surface area contributed by atoms with Crippen molar-refractivity contribution in [3.8, 4) is 0 Å². The molecule has 1 aliphatic rings. The molecule has 2 rings (SSSR count). The summed E-state index contributed by atoms with van der Waals surface area (Å²) in [6, 6.07) is 9.48. The number of hydrogen-bond donors (Lipinski definition) is 2. The van der Waals surface area contributed by atoms with Crippen LogP contribution < -0.4 is 10.6 Å². The number of rotatable bonds is 6. The standard InChI is InChI=1S/C16H19Cl3N2O2/c17-16(18,19)15(20-11-13-7-4-10-23-13)21-14(22)9-8-12-5-2-1-3-6-12/h1-3,5-6,8-9,13,15,20H,4,7,10-11H2,(H,21,22)/b9-8+/t13-,15-/m1/s1. The van der Waals surface area contributed by atoms with Crippen LogP contribution in [0.5, 0.6) is 0 Å². The molecule has 1 heterocycles. The van der Waals surface area contributed by atoms with Crippen LogP contribution in [-0.4, -0.2) is 35.1 Å². The highest BCUT2D eigenvalue weighted by Crippen LogP contribution is 2.29. The highest BCUT2D eigenvalue weighted by atomic mass is 35.6. The van der Waals surface area contributed by atoms with Crippen molar-refractivity contribution in [3.63, 3.8) is 0 Å². The van der Waals surface area contributed by atoms with E-state index in [0.717, 1.165) is 25.0 Å². The van der Waals surface area contributed by atoms with Crippen molar-refractivity contribution >= 4 is 46.8 Å². The van der Waals surface area contributed by atoms with Crippen LogP contribution in [0, 0.1) is 0 Å². The summed E-state index contributed by atoms with van der Waals surface area (Å²) in [7, 11) is 0. The fourth-order valence-electron chi connectivity index (χ4n) is 2.23. The van der Waals surface area contributed by atoms with E-state index in [-0.39, 0.29) is 12.0 Å². The molecule has 0 aromatic heterocycles. The van der Waals surface area contributed by atoms with E-state index in [1.807, 2.05) is 30.3 Å². The van der Waals surface area contributed by atoms with E-state index in [4.69, 9.17) is 39.5 Å². The normalized spacial score (nSPS) is 19.9. The number of alkyl halides is 3. The van der Waals surface area contributed by atoms with Gasteiger partial charge in [0.05, 0.1) is 6.10 Å². The molecule has 2 atom stereocenters. The molecule has 4 nitrogen and oxygen atoms in total. The second-order valence-corrected chi connectivity index (χ2v) is 7.64. The molecule has 0 spiro atoms. The molecular formula is C16H19Cl3N2O2. The third-order valence-electron chi connectivity index (χ3n) is 3.41. The number of carbonyl (C=O) groups excluding carboxylic acids is 1. The van der Waals surface area contributed by atoms with Crippen molar-refractivity contribution in [3.05, 3.63) is 42.0 Å². The van der Waals surface area contributed by atoms with Crippen LogP contribution in [0.15, 0.2) is 36.4 Å². The van der Waals surface area contributed by atoms with Crippen LogP contribution in [0.4, 0.5) is 0 Å². The molecule has 0 bridgehead atoms. The Morgan fingerprint density at radius 1 is 1.35 bits per heavy atom. The maximum atomic E-state index is 12.0. The molecule has 1 fully saturated rings. The van der Waals surface area contributed by atoms with Gasteiger partial charge in [-0.15, -0.1) is 0 Å². The Labute approximate surface area is 151 Å². The first-order chi connectivity index (χ1) is 10.9. The summed E-state index contributed by atoms with van der Waals surface area (Å²) in [5.74, 6) is -0.343. The molecule has 2 N–H and O–H groups in total. The highest BCUT2D eigenvalue weighted by molar-refractivity contribution is 6.68. The molecule has 1 aliphatic heterocycles. The van der Waals surface area contributed by atoms with Gasteiger partial charge in [-0.2, -0.15) is 0 Å². The summed E-state index contributed by atoms with van der Waals surface area (Å²) in [5, 5.41) is 5.71. The van der Waals surface area contributed by atoms with Crippen LogP contribution in [0.3, 0.4) is 0 Å². The fourth-order valence-corrected chi connectivity index (χ4v) is 2.62. The first-order valence-electron chi connectivity index (χ1n) is 7.40. The summed E-state index contributed by atoms with van der Waals surface area (Å²) in [5.41, 5.74) is 0.917. The number of amides is 1. The maximum absolute atomic E-state index is 12.0. The molecule has 7 heteroatoms. The van der Waals surface area contributed by atoms with Crippen LogP contribution >= 0.6 is 34.8 Å².